The van der Waals surface area contributed by atoms with Gasteiger partial charge in [-0.15, -0.1) is 0 Å². The average Bonchev–Trinajstić information content (AvgIpc) is 2.27. The molecule has 0 aromatic heterocycles. The fraction of sp³-hybridized carbons (Fsp3) is 0.417. The molecule has 0 aliphatic carbocycles. The van der Waals surface area contributed by atoms with E-state index in [0.29, 0.717) is 10.6 Å². The number of carboxylic acid groups (broad SMARTS) is 1. The predicted molar refractivity (Wildman–Crippen MR) is 72.8 cm³/mol. The topological polar surface area (TPSA) is 74.7 Å². The Kier molecular flexibility index (Phi) is 4.95. The molecule has 1 unspecified atom stereocenters. The molecule has 0 bridgehead atoms. The summed E-state index contributed by atoms with van der Waals surface area (Å²) in [4.78, 5) is 10.9. The van der Waals surface area contributed by atoms with Crippen LogP contribution in [0.2, 0.25) is 5.02 Å². The summed E-state index contributed by atoms with van der Waals surface area (Å²) in [6.45, 7) is 3.02. The van der Waals surface area contributed by atoms with Crippen molar-refractivity contribution in [1.29, 1.82) is 0 Å². The van der Waals surface area contributed by atoms with Crippen molar-refractivity contribution in [2.75, 3.05) is 13.6 Å². The maximum atomic E-state index is 12.3. The summed E-state index contributed by atoms with van der Waals surface area (Å²) >= 11 is 5.79. The minimum atomic E-state index is -3.70. The summed E-state index contributed by atoms with van der Waals surface area (Å²) in [5, 5.41) is 9.28. The Morgan fingerprint density at radius 3 is 2.53 bits per heavy atom. The van der Waals surface area contributed by atoms with Crippen molar-refractivity contribution in [3.8, 4) is 0 Å². The molecule has 1 aromatic carbocycles. The van der Waals surface area contributed by atoms with E-state index in [0.717, 1.165) is 4.31 Å². The van der Waals surface area contributed by atoms with Gasteiger partial charge in [-0.2, -0.15) is 0 Å². The Morgan fingerprint density at radius 1 is 1.47 bits per heavy atom. The van der Waals surface area contributed by atoms with Gasteiger partial charge in [0.25, 0.3) is 0 Å². The Hall–Kier alpha value is -1.11. The summed E-state index contributed by atoms with van der Waals surface area (Å²) < 4.78 is 25.7. The van der Waals surface area contributed by atoms with Gasteiger partial charge >= 0.3 is 5.97 Å². The Labute approximate surface area is 117 Å². The van der Waals surface area contributed by atoms with Crippen LogP contribution in [0, 0.1) is 12.8 Å². The molecule has 0 fully saturated rings. The third-order valence-electron chi connectivity index (χ3n) is 2.78. The third kappa shape index (κ3) is 3.68. The zero-order valence-electron chi connectivity index (χ0n) is 10.9. The molecule has 1 atom stereocenters. The van der Waals surface area contributed by atoms with E-state index in [-0.39, 0.29) is 11.4 Å². The number of rotatable bonds is 5. The summed E-state index contributed by atoms with van der Waals surface area (Å²) in [5.74, 6) is -1.80. The molecule has 1 rings (SSSR count). The Balaban J connectivity index is 3.06. The van der Waals surface area contributed by atoms with Crippen molar-refractivity contribution in [2.45, 2.75) is 18.7 Å². The maximum absolute atomic E-state index is 12.3. The van der Waals surface area contributed by atoms with Gasteiger partial charge in [-0.05, 0) is 30.7 Å². The lowest BCUT2D eigenvalue weighted by molar-refractivity contribution is -0.141. The molecular formula is C12H16ClNO4S. The number of carboxylic acids is 1. The van der Waals surface area contributed by atoms with E-state index in [1.165, 1.54) is 26.1 Å². The van der Waals surface area contributed by atoms with Crippen molar-refractivity contribution >= 4 is 27.6 Å². The van der Waals surface area contributed by atoms with Crippen LogP contribution in [-0.2, 0) is 14.8 Å². The number of aryl methyl sites for hydroxylation is 1. The van der Waals surface area contributed by atoms with Gasteiger partial charge in [0.05, 0.1) is 10.8 Å². The first-order chi connectivity index (χ1) is 8.66. The van der Waals surface area contributed by atoms with E-state index in [2.05, 4.69) is 0 Å². The highest BCUT2D eigenvalue weighted by atomic mass is 35.5. The maximum Gasteiger partial charge on any atom is 0.307 e. The van der Waals surface area contributed by atoms with Gasteiger partial charge in [0, 0.05) is 18.6 Å². The number of carbonyl (C=O) groups is 1. The quantitative estimate of drug-likeness (QED) is 0.902. The van der Waals surface area contributed by atoms with Crippen LogP contribution in [0.5, 0.6) is 0 Å². The van der Waals surface area contributed by atoms with Crippen LogP contribution in [0.15, 0.2) is 23.1 Å². The molecule has 1 N–H and O–H groups in total. The molecule has 0 aliphatic heterocycles. The largest absolute Gasteiger partial charge is 0.481 e. The first kappa shape index (κ1) is 15.9. The SMILES string of the molecule is Cc1cc(Cl)ccc1S(=O)(=O)N(C)CC(C)C(=O)O. The van der Waals surface area contributed by atoms with Crippen LogP contribution in [0.1, 0.15) is 12.5 Å². The lowest BCUT2D eigenvalue weighted by atomic mass is 10.2. The molecule has 1 aromatic rings. The van der Waals surface area contributed by atoms with E-state index < -0.39 is 21.9 Å². The monoisotopic (exact) mass is 305 g/mol. The summed E-state index contributed by atoms with van der Waals surface area (Å²) in [5.41, 5.74) is 0.530. The number of sulfonamides is 1. The average molecular weight is 306 g/mol. The number of aliphatic carboxylic acids is 1. The van der Waals surface area contributed by atoms with Crippen molar-refractivity contribution in [2.24, 2.45) is 5.92 Å². The van der Waals surface area contributed by atoms with Gasteiger partial charge in [-0.25, -0.2) is 12.7 Å². The molecule has 0 saturated carbocycles. The van der Waals surface area contributed by atoms with E-state index in [1.807, 2.05) is 0 Å². The minimum absolute atomic E-state index is 0.0836. The summed E-state index contributed by atoms with van der Waals surface area (Å²) in [7, 11) is -2.34. The zero-order valence-corrected chi connectivity index (χ0v) is 12.5. The molecule has 0 spiro atoms. The van der Waals surface area contributed by atoms with Gasteiger partial charge in [0.1, 0.15) is 0 Å². The van der Waals surface area contributed by atoms with Crippen LogP contribution < -0.4 is 0 Å². The molecule has 0 radical (unpaired) electrons. The zero-order chi connectivity index (χ0) is 14.8. The number of halogens is 1. The molecule has 5 nitrogen and oxygen atoms in total. The molecular weight excluding hydrogens is 290 g/mol. The van der Waals surface area contributed by atoms with E-state index in [1.54, 1.807) is 13.0 Å². The van der Waals surface area contributed by atoms with Gasteiger partial charge in [0.2, 0.25) is 10.0 Å². The second-order valence-corrected chi connectivity index (χ2v) is 6.88. The number of benzene rings is 1. The second-order valence-electron chi connectivity index (χ2n) is 4.43. The molecule has 106 valence electrons. The fourth-order valence-corrected chi connectivity index (χ4v) is 3.32. The lowest BCUT2D eigenvalue weighted by Gasteiger charge is -2.20. The predicted octanol–water partition coefficient (Wildman–Crippen LogP) is 1.99. The standard InChI is InChI=1S/C12H16ClNO4S/c1-8-6-10(13)4-5-11(8)19(17,18)14(3)7-9(2)12(15)16/h4-6,9H,7H2,1-3H3,(H,15,16). The van der Waals surface area contributed by atoms with Crippen molar-refractivity contribution in [1.82, 2.24) is 4.31 Å². The highest BCUT2D eigenvalue weighted by molar-refractivity contribution is 7.89. The smallest absolute Gasteiger partial charge is 0.307 e. The summed E-state index contributed by atoms with van der Waals surface area (Å²) in [6.07, 6.45) is 0. The molecule has 0 aliphatic rings. The molecule has 0 saturated heterocycles. The van der Waals surface area contributed by atoms with Crippen LogP contribution in [0.4, 0.5) is 0 Å². The van der Waals surface area contributed by atoms with Crippen LogP contribution in [0.3, 0.4) is 0 Å². The van der Waals surface area contributed by atoms with Crippen molar-refractivity contribution in [3.63, 3.8) is 0 Å². The van der Waals surface area contributed by atoms with Gasteiger partial charge in [-0.3, -0.25) is 4.79 Å². The molecule has 0 amide bonds. The van der Waals surface area contributed by atoms with Gasteiger partial charge in [0.15, 0.2) is 0 Å². The van der Waals surface area contributed by atoms with E-state index >= 15 is 0 Å². The highest BCUT2D eigenvalue weighted by Gasteiger charge is 2.26. The first-order valence-corrected chi connectivity index (χ1v) is 7.43. The van der Waals surface area contributed by atoms with Gasteiger partial charge < -0.3 is 5.11 Å². The summed E-state index contributed by atoms with van der Waals surface area (Å²) in [6, 6.07) is 4.48. The highest BCUT2D eigenvalue weighted by Crippen LogP contribution is 2.22. The molecule has 0 heterocycles. The molecule has 19 heavy (non-hydrogen) atoms. The lowest BCUT2D eigenvalue weighted by Crippen LogP contribution is -2.34. The normalized spacial score (nSPS) is 13.5. The Morgan fingerprint density at radius 2 is 2.05 bits per heavy atom. The second kappa shape index (κ2) is 5.90. The Bertz CT molecular complexity index is 585. The number of hydrogen-bond acceptors (Lipinski definition) is 3. The fourth-order valence-electron chi connectivity index (χ4n) is 1.63. The van der Waals surface area contributed by atoms with E-state index in [9.17, 15) is 13.2 Å². The van der Waals surface area contributed by atoms with Crippen molar-refractivity contribution in [3.05, 3.63) is 28.8 Å². The minimum Gasteiger partial charge on any atom is -0.481 e. The number of nitrogens with zero attached hydrogens (tertiary/aromatic N) is 1. The first-order valence-electron chi connectivity index (χ1n) is 5.61. The van der Waals surface area contributed by atoms with Crippen molar-refractivity contribution < 1.29 is 18.3 Å². The third-order valence-corrected chi connectivity index (χ3v) is 5.00. The number of hydrogen-bond donors (Lipinski definition) is 1. The van der Waals surface area contributed by atoms with Crippen LogP contribution in [-0.4, -0.2) is 37.4 Å². The van der Waals surface area contributed by atoms with Crippen LogP contribution >= 0.6 is 11.6 Å². The van der Waals surface area contributed by atoms with Gasteiger partial charge in [-0.1, -0.05) is 18.5 Å². The van der Waals surface area contributed by atoms with E-state index in [4.69, 9.17) is 16.7 Å². The van der Waals surface area contributed by atoms with Crippen LogP contribution in [0.25, 0.3) is 0 Å². The molecule has 7 heteroatoms.